The van der Waals surface area contributed by atoms with Crippen LogP contribution in [0.25, 0.3) is 0 Å². The first kappa shape index (κ1) is 18.3. The quantitative estimate of drug-likeness (QED) is 0.801. The molecule has 0 aliphatic carbocycles. The number of pyridine rings is 1. The van der Waals surface area contributed by atoms with Crippen molar-refractivity contribution in [1.29, 1.82) is 0 Å². The highest BCUT2D eigenvalue weighted by Gasteiger charge is 2.29. The number of rotatable bonds is 6. The Hall–Kier alpha value is -2.48. The van der Waals surface area contributed by atoms with Crippen LogP contribution in [0.5, 0.6) is 0 Å². The van der Waals surface area contributed by atoms with Crippen LogP contribution in [0.4, 0.5) is 10.2 Å². The molecule has 3 rings (SSSR count). The zero-order valence-electron chi connectivity index (χ0n) is 14.1. The second kappa shape index (κ2) is 7.82. The van der Waals surface area contributed by atoms with E-state index in [-0.39, 0.29) is 29.3 Å². The van der Waals surface area contributed by atoms with Crippen molar-refractivity contribution in [3.63, 3.8) is 0 Å². The van der Waals surface area contributed by atoms with E-state index in [4.69, 9.17) is 0 Å². The Kier molecular flexibility index (Phi) is 5.51. The summed E-state index contributed by atoms with van der Waals surface area (Å²) in [6, 6.07) is 9.56. The minimum atomic E-state index is -3.03. The van der Waals surface area contributed by atoms with Gasteiger partial charge in [0.05, 0.1) is 17.1 Å². The zero-order chi connectivity index (χ0) is 18.6. The highest BCUT2D eigenvalue weighted by atomic mass is 32.2. The third-order valence-electron chi connectivity index (χ3n) is 4.25. The number of carbonyl (C=O) groups is 1. The van der Waals surface area contributed by atoms with Crippen molar-refractivity contribution < 1.29 is 17.6 Å². The third-order valence-corrected chi connectivity index (χ3v) is 6.02. The van der Waals surface area contributed by atoms with Crippen molar-refractivity contribution in [2.24, 2.45) is 0 Å². The molecule has 0 saturated carbocycles. The van der Waals surface area contributed by atoms with E-state index in [1.807, 2.05) is 0 Å². The number of amides is 1. The molecule has 1 atom stereocenters. The van der Waals surface area contributed by atoms with Gasteiger partial charge < -0.3 is 10.6 Å². The first-order valence-electron chi connectivity index (χ1n) is 8.37. The Morgan fingerprint density at radius 2 is 2.04 bits per heavy atom. The van der Waals surface area contributed by atoms with Crippen molar-refractivity contribution in [3.05, 3.63) is 59.5 Å². The number of anilines is 1. The van der Waals surface area contributed by atoms with Gasteiger partial charge in [-0.2, -0.15) is 0 Å². The maximum Gasteiger partial charge on any atom is 0.253 e. The average molecular weight is 377 g/mol. The molecule has 1 aromatic carbocycles. The van der Waals surface area contributed by atoms with Crippen LogP contribution < -0.4 is 10.6 Å². The third kappa shape index (κ3) is 4.78. The predicted molar refractivity (Wildman–Crippen MR) is 97.4 cm³/mol. The molecule has 1 saturated heterocycles. The monoisotopic (exact) mass is 377 g/mol. The largest absolute Gasteiger partial charge is 0.370 e. The van der Waals surface area contributed by atoms with Gasteiger partial charge in [-0.1, -0.05) is 18.2 Å². The molecule has 1 aromatic heterocycles. The van der Waals surface area contributed by atoms with Crippen molar-refractivity contribution in [2.45, 2.75) is 18.9 Å². The standard InChI is InChI=1S/C18H20FN3O3S/c19-16-4-2-1-3-13(16)7-9-20-17-6-5-14(11-21-17)18(23)22-15-8-10-26(24,25)12-15/h1-6,11,15H,7-10,12H2,(H,20,21)(H,22,23). The summed E-state index contributed by atoms with van der Waals surface area (Å²) in [5.41, 5.74) is 0.997. The lowest BCUT2D eigenvalue weighted by Gasteiger charge is -2.11. The zero-order valence-corrected chi connectivity index (χ0v) is 14.9. The van der Waals surface area contributed by atoms with E-state index < -0.39 is 9.84 Å². The molecule has 138 valence electrons. The van der Waals surface area contributed by atoms with Gasteiger partial charge in [0.2, 0.25) is 0 Å². The number of benzene rings is 1. The molecule has 2 heterocycles. The van der Waals surface area contributed by atoms with Crippen LogP contribution in [0, 0.1) is 5.82 Å². The summed E-state index contributed by atoms with van der Waals surface area (Å²) in [4.78, 5) is 16.3. The first-order chi connectivity index (χ1) is 12.4. The highest BCUT2D eigenvalue weighted by molar-refractivity contribution is 7.91. The molecule has 0 bridgehead atoms. The molecule has 8 heteroatoms. The Bertz CT molecular complexity index is 885. The smallest absolute Gasteiger partial charge is 0.253 e. The molecule has 0 spiro atoms. The molecule has 1 aliphatic rings. The van der Waals surface area contributed by atoms with Gasteiger partial charge in [0.25, 0.3) is 5.91 Å². The van der Waals surface area contributed by atoms with Crippen molar-refractivity contribution in [3.8, 4) is 0 Å². The van der Waals surface area contributed by atoms with Crippen LogP contribution in [-0.4, -0.2) is 43.4 Å². The minimum absolute atomic E-state index is 0.0121. The van der Waals surface area contributed by atoms with E-state index in [1.165, 1.54) is 12.3 Å². The van der Waals surface area contributed by atoms with Gasteiger partial charge in [-0.3, -0.25) is 4.79 Å². The van der Waals surface area contributed by atoms with Gasteiger partial charge in [-0.25, -0.2) is 17.8 Å². The van der Waals surface area contributed by atoms with Crippen molar-refractivity contribution in [1.82, 2.24) is 10.3 Å². The molecule has 2 aromatic rings. The Labute approximate surface area is 151 Å². The number of carbonyl (C=O) groups excluding carboxylic acids is 1. The lowest BCUT2D eigenvalue weighted by atomic mass is 10.1. The molecular weight excluding hydrogens is 357 g/mol. The van der Waals surface area contributed by atoms with Crippen LogP contribution in [0.3, 0.4) is 0 Å². The maximum atomic E-state index is 13.5. The Balaban J connectivity index is 1.50. The summed E-state index contributed by atoms with van der Waals surface area (Å²) >= 11 is 0. The van der Waals surface area contributed by atoms with E-state index in [1.54, 1.807) is 30.3 Å². The summed E-state index contributed by atoms with van der Waals surface area (Å²) in [6.07, 6.45) is 2.40. The molecule has 1 fully saturated rings. The molecule has 6 nitrogen and oxygen atoms in total. The van der Waals surface area contributed by atoms with Crippen LogP contribution in [-0.2, 0) is 16.3 Å². The number of hydrogen-bond acceptors (Lipinski definition) is 5. The molecule has 2 N–H and O–H groups in total. The topological polar surface area (TPSA) is 88.2 Å². The van der Waals surface area contributed by atoms with E-state index in [9.17, 15) is 17.6 Å². The predicted octanol–water partition coefficient (Wildman–Crippen LogP) is 1.79. The fourth-order valence-electron chi connectivity index (χ4n) is 2.84. The van der Waals surface area contributed by atoms with Crippen LogP contribution in [0.2, 0.25) is 0 Å². The molecule has 1 amide bonds. The normalized spacial score (nSPS) is 18.4. The fraction of sp³-hybridized carbons (Fsp3) is 0.333. The summed E-state index contributed by atoms with van der Waals surface area (Å²) in [7, 11) is -3.03. The molecular formula is C18H20FN3O3S. The SMILES string of the molecule is O=C(NC1CCS(=O)(=O)C1)c1ccc(NCCc2ccccc2F)nc1. The van der Waals surface area contributed by atoms with E-state index in [0.29, 0.717) is 36.3 Å². The van der Waals surface area contributed by atoms with Gasteiger partial charge in [-0.15, -0.1) is 0 Å². The number of sulfone groups is 1. The van der Waals surface area contributed by atoms with Crippen LogP contribution >= 0.6 is 0 Å². The lowest BCUT2D eigenvalue weighted by Crippen LogP contribution is -2.35. The van der Waals surface area contributed by atoms with Crippen LogP contribution in [0.1, 0.15) is 22.3 Å². The minimum Gasteiger partial charge on any atom is -0.370 e. The molecule has 1 aliphatic heterocycles. The van der Waals surface area contributed by atoms with E-state index >= 15 is 0 Å². The average Bonchev–Trinajstić information content (AvgIpc) is 2.95. The number of aromatic nitrogens is 1. The number of nitrogens with one attached hydrogen (secondary N) is 2. The maximum absolute atomic E-state index is 13.5. The van der Waals surface area contributed by atoms with E-state index in [2.05, 4.69) is 15.6 Å². The van der Waals surface area contributed by atoms with Crippen LogP contribution in [0.15, 0.2) is 42.6 Å². The second-order valence-electron chi connectivity index (χ2n) is 6.27. The summed E-state index contributed by atoms with van der Waals surface area (Å²) in [5, 5.41) is 5.80. The molecule has 0 radical (unpaired) electrons. The van der Waals surface area contributed by atoms with Gasteiger partial charge in [0, 0.05) is 18.8 Å². The summed E-state index contributed by atoms with van der Waals surface area (Å²) in [5.74, 6) is 0.116. The highest BCUT2D eigenvalue weighted by Crippen LogP contribution is 2.13. The van der Waals surface area contributed by atoms with Crippen molar-refractivity contribution in [2.75, 3.05) is 23.4 Å². The van der Waals surface area contributed by atoms with Gasteiger partial charge in [0.15, 0.2) is 9.84 Å². The molecule has 1 unspecified atom stereocenters. The van der Waals surface area contributed by atoms with Gasteiger partial charge in [0.1, 0.15) is 11.6 Å². The van der Waals surface area contributed by atoms with E-state index in [0.717, 1.165) is 0 Å². The number of halogens is 1. The summed E-state index contributed by atoms with van der Waals surface area (Å²) < 4.78 is 36.4. The molecule has 26 heavy (non-hydrogen) atoms. The number of nitrogens with zero attached hydrogens (tertiary/aromatic N) is 1. The lowest BCUT2D eigenvalue weighted by molar-refractivity contribution is 0.0941. The fourth-order valence-corrected chi connectivity index (χ4v) is 4.51. The summed E-state index contributed by atoms with van der Waals surface area (Å²) in [6.45, 7) is 0.513. The first-order valence-corrected chi connectivity index (χ1v) is 10.2. The van der Waals surface area contributed by atoms with Crippen molar-refractivity contribution >= 4 is 21.6 Å². The van der Waals surface area contributed by atoms with Gasteiger partial charge >= 0.3 is 0 Å². The van der Waals surface area contributed by atoms with Gasteiger partial charge in [-0.05, 0) is 36.6 Å². The Morgan fingerprint density at radius 1 is 1.23 bits per heavy atom. The number of hydrogen-bond donors (Lipinski definition) is 2. The Morgan fingerprint density at radius 3 is 2.69 bits per heavy atom. The second-order valence-corrected chi connectivity index (χ2v) is 8.50.